The van der Waals surface area contributed by atoms with E-state index >= 15 is 0 Å². The zero-order chi connectivity index (χ0) is 20.4. The molecule has 0 aliphatic rings. The Morgan fingerprint density at radius 1 is 0.778 bits per heavy atom. The molecule has 162 valence electrons. The van der Waals surface area contributed by atoms with E-state index in [0.717, 1.165) is 12.8 Å². The van der Waals surface area contributed by atoms with Gasteiger partial charge in [-0.05, 0) is 19.3 Å². The van der Waals surface area contributed by atoms with Crippen molar-refractivity contribution in [2.24, 2.45) is 0 Å². The van der Waals surface area contributed by atoms with Crippen molar-refractivity contribution < 1.29 is 29.7 Å². The molecule has 0 aliphatic heterocycles. The fourth-order valence-corrected chi connectivity index (χ4v) is 3.80. The molecule has 6 nitrogen and oxygen atoms in total. The van der Waals surface area contributed by atoms with Crippen LogP contribution < -0.4 is 0 Å². The highest BCUT2D eigenvalue weighted by Crippen LogP contribution is 2.20. The molecule has 0 aromatic heterocycles. The minimum atomic E-state index is -0.812. The SMILES string of the molecule is CCCCCCCCCCCC(O)[N+](CCO)(CCO)CCCCC(=O)O. The van der Waals surface area contributed by atoms with E-state index in [9.17, 15) is 20.1 Å². The van der Waals surface area contributed by atoms with Gasteiger partial charge in [-0.15, -0.1) is 0 Å². The van der Waals surface area contributed by atoms with Gasteiger partial charge in [0.1, 0.15) is 13.1 Å². The number of hydrogen-bond acceptors (Lipinski definition) is 4. The molecule has 0 saturated carbocycles. The summed E-state index contributed by atoms with van der Waals surface area (Å²) >= 11 is 0. The lowest BCUT2D eigenvalue weighted by molar-refractivity contribution is -0.972. The molecule has 0 amide bonds. The van der Waals surface area contributed by atoms with Crippen LogP contribution >= 0.6 is 0 Å². The number of hydrogen-bond donors (Lipinski definition) is 4. The summed E-state index contributed by atoms with van der Waals surface area (Å²) in [6.07, 6.45) is 12.4. The molecule has 0 heterocycles. The van der Waals surface area contributed by atoms with E-state index < -0.39 is 12.2 Å². The topological polar surface area (TPSA) is 98.0 Å². The predicted molar refractivity (Wildman–Crippen MR) is 108 cm³/mol. The van der Waals surface area contributed by atoms with Gasteiger partial charge in [-0.1, -0.05) is 58.3 Å². The average Bonchev–Trinajstić information content (AvgIpc) is 2.63. The first-order chi connectivity index (χ1) is 13.0. The summed E-state index contributed by atoms with van der Waals surface area (Å²) in [7, 11) is 0. The Kier molecular flexibility index (Phi) is 17.0. The lowest BCUT2D eigenvalue weighted by Gasteiger charge is -2.42. The number of aliphatic hydroxyl groups is 3. The molecule has 27 heavy (non-hydrogen) atoms. The van der Waals surface area contributed by atoms with Gasteiger partial charge in [0.2, 0.25) is 0 Å². The fraction of sp³-hybridized carbons (Fsp3) is 0.952. The lowest BCUT2D eigenvalue weighted by Crippen LogP contribution is -2.58. The van der Waals surface area contributed by atoms with Crippen LogP contribution in [0.2, 0.25) is 0 Å². The highest BCUT2D eigenvalue weighted by Gasteiger charge is 2.34. The number of aliphatic carboxylic acids is 1. The Labute approximate surface area is 165 Å². The second kappa shape index (κ2) is 17.4. The first-order valence-corrected chi connectivity index (χ1v) is 11.0. The number of rotatable bonds is 20. The molecule has 0 spiro atoms. The summed E-state index contributed by atoms with van der Waals surface area (Å²) in [5, 5.41) is 38.4. The number of nitrogens with zero attached hydrogens (tertiary/aromatic N) is 1. The minimum absolute atomic E-state index is 0.0479. The number of carboxylic acid groups (broad SMARTS) is 1. The lowest BCUT2D eigenvalue weighted by atomic mass is 10.1. The van der Waals surface area contributed by atoms with Crippen LogP contribution in [-0.2, 0) is 4.79 Å². The quantitative estimate of drug-likeness (QED) is 0.145. The van der Waals surface area contributed by atoms with Crippen molar-refractivity contribution >= 4 is 5.97 Å². The van der Waals surface area contributed by atoms with E-state index in [4.69, 9.17) is 5.11 Å². The summed E-state index contributed by atoms with van der Waals surface area (Å²) in [5.41, 5.74) is 0. The van der Waals surface area contributed by atoms with E-state index in [-0.39, 0.29) is 24.1 Å². The highest BCUT2D eigenvalue weighted by molar-refractivity contribution is 5.66. The summed E-state index contributed by atoms with van der Waals surface area (Å²) in [6.45, 7) is 3.51. The van der Waals surface area contributed by atoms with Crippen molar-refractivity contribution in [1.82, 2.24) is 0 Å². The highest BCUT2D eigenvalue weighted by atomic mass is 16.4. The van der Waals surface area contributed by atoms with Crippen LogP contribution in [0, 0.1) is 0 Å². The zero-order valence-corrected chi connectivity index (χ0v) is 17.4. The van der Waals surface area contributed by atoms with Crippen LogP contribution in [0.15, 0.2) is 0 Å². The van der Waals surface area contributed by atoms with Crippen LogP contribution in [0.25, 0.3) is 0 Å². The van der Waals surface area contributed by atoms with E-state index in [1.807, 2.05) is 0 Å². The number of carboxylic acids is 1. The molecular formula is C21H44NO5+. The fourth-order valence-electron chi connectivity index (χ4n) is 3.80. The zero-order valence-electron chi connectivity index (χ0n) is 17.4. The Morgan fingerprint density at radius 2 is 1.30 bits per heavy atom. The van der Waals surface area contributed by atoms with Crippen molar-refractivity contribution in [1.29, 1.82) is 0 Å². The van der Waals surface area contributed by atoms with Gasteiger partial charge >= 0.3 is 5.97 Å². The molecule has 0 rings (SSSR count). The molecule has 0 aromatic rings. The molecule has 0 fully saturated rings. The monoisotopic (exact) mass is 390 g/mol. The van der Waals surface area contributed by atoms with Gasteiger partial charge in [0.05, 0.1) is 19.8 Å². The first-order valence-electron chi connectivity index (χ1n) is 11.0. The summed E-state index contributed by atoms with van der Waals surface area (Å²) in [4.78, 5) is 10.7. The normalized spacial score (nSPS) is 13.0. The number of unbranched alkanes of at least 4 members (excludes halogenated alkanes) is 9. The van der Waals surface area contributed by atoms with Crippen molar-refractivity contribution in [2.45, 2.75) is 96.6 Å². The third kappa shape index (κ3) is 13.2. The molecular weight excluding hydrogens is 346 g/mol. The predicted octanol–water partition coefficient (Wildman–Crippen LogP) is 3.28. The second-order valence-corrected chi connectivity index (χ2v) is 7.79. The third-order valence-corrected chi connectivity index (χ3v) is 5.53. The van der Waals surface area contributed by atoms with E-state index in [0.29, 0.717) is 38.9 Å². The maximum absolute atomic E-state index is 10.8. The molecule has 6 heteroatoms. The number of quaternary nitrogens is 1. The van der Waals surface area contributed by atoms with Gasteiger partial charge in [0, 0.05) is 12.8 Å². The minimum Gasteiger partial charge on any atom is -0.481 e. The van der Waals surface area contributed by atoms with Gasteiger partial charge in [0.25, 0.3) is 0 Å². The van der Waals surface area contributed by atoms with E-state index in [1.54, 1.807) is 0 Å². The van der Waals surface area contributed by atoms with Gasteiger partial charge in [0.15, 0.2) is 6.23 Å². The van der Waals surface area contributed by atoms with Crippen molar-refractivity contribution in [3.63, 3.8) is 0 Å². The smallest absolute Gasteiger partial charge is 0.303 e. The van der Waals surface area contributed by atoms with Gasteiger partial charge in [-0.2, -0.15) is 0 Å². The Bertz CT molecular complexity index is 345. The maximum Gasteiger partial charge on any atom is 0.303 e. The van der Waals surface area contributed by atoms with Crippen LogP contribution in [-0.4, -0.2) is 70.0 Å². The molecule has 0 saturated heterocycles. The van der Waals surface area contributed by atoms with Crippen molar-refractivity contribution in [3.05, 3.63) is 0 Å². The van der Waals surface area contributed by atoms with Gasteiger partial charge in [-0.25, -0.2) is 0 Å². The van der Waals surface area contributed by atoms with E-state index in [2.05, 4.69) is 6.92 Å². The number of aliphatic hydroxyl groups excluding tert-OH is 3. The molecule has 0 aromatic carbocycles. The van der Waals surface area contributed by atoms with Gasteiger partial charge in [-0.3, -0.25) is 9.28 Å². The summed E-state index contributed by atoms with van der Waals surface area (Å²) < 4.78 is 0.267. The summed E-state index contributed by atoms with van der Waals surface area (Å²) in [6, 6.07) is 0. The Balaban J connectivity index is 4.24. The van der Waals surface area contributed by atoms with Crippen LogP contribution in [0.3, 0.4) is 0 Å². The molecule has 0 aliphatic carbocycles. The third-order valence-electron chi connectivity index (χ3n) is 5.53. The van der Waals surface area contributed by atoms with Crippen LogP contribution in [0.5, 0.6) is 0 Å². The first kappa shape index (κ1) is 26.3. The maximum atomic E-state index is 10.8. The average molecular weight is 391 g/mol. The molecule has 4 N–H and O–H groups in total. The van der Waals surface area contributed by atoms with Gasteiger partial charge < -0.3 is 20.4 Å². The van der Waals surface area contributed by atoms with Crippen molar-refractivity contribution in [2.75, 3.05) is 32.8 Å². The van der Waals surface area contributed by atoms with E-state index in [1.165, 1.54) is 44.9 Å². The Hall–Kier alpha value is -0.690. The standard InChI is InChI=1S/C21H43NO5/c1-2-3-4-5-6-7-8-9-10-13-20(25)22(16-18-23,17-19-24)15-12-11-14-21(26)27/h20,23-25H,2-19H2,1H3/p+1. The largest absolute Gasteiger partial charge is 0.481 e. The second-order valence-electron chi connectivity index (χ2n) is 7.79. The molecule has 1 unspecified atom stereocenters. The Morgan fingerprint density at radius 3 is 1.78 bits per heavy atom. The molecule has 0 bridgehead atoms. The summed E-state index contributed by atoms with van der Waals surface area (Å²) in [5.74, 6) is -0.812. The van der Waals surface area contributed by atoms with Crippen LogP contribution in [0.1, 0.15) is 90.4 Å². The van der Waals surface area contributed by atoms with Crippen molar-refractivity contribution in [3.8, 4) is 0 Å². The van der Waals surface area contributed by atoms with Crippen LogP contribution in [0.4, 0.5) is 0 Å². The molecule has 0 radical (unpaired) electrons. The molecule has 1 atom stereocenters. The number of carbonyl (C=O) groups is 1.